The van der Waals surface area contributed by atoms with E-state index in [2.05, 4.69) is 10.3 Å². The zero-order valence-electron chi connectivity index (χ0n) is 11.2. The molecule has 1 heterocycles. The lowest BCUT2D eigenvalue weighted by Crippen LogP contribution is -2.13. The van der Waals surface area contributed by atoms with Crippen molar-refractivity contribution in [3.63, 3.8) is 0 Å². The van der Waals surface area contributed by atoms with Crippen molar-refractivity contribution in [3.8, 4) is 0 Å². The Bertz CT molecular complexity index is 820. The van der Waals surface area contributed by atoms with Crippen LogP contribution in [0.1, 0.15) is 0 Å². The van der Waals surface area contributed by atoms with E-state index in [1.807, 2.05) is 12.1 Å². The van der Waals surface area contributed by atoms with Gasteiger partial charge in [-0.2, -0.15) is 0 Å². The third kappa shape index (κ3) is 3.76. The van der Waals surface area contributed by atoms with Crippen LogP contribution in [0.25, 0.3) is 10.2 Å². The highest BCUT2D eigenvalue weighted by molar-refractivity contribution is 8.00. The molecule has 112 valence electrons. The number of hydrogen-bond donors (Lipinski definition) is 1. The molecule has 0 saturated carbocycles. The lowest BCUT2D eigenvalue weighted by Gasteiger charge is -2.02. The van der Waals surface area contributed by atoms with Gasteiger partial charge in [0.1, 0.15) is 5.82 Å². The first-order chi connectivity index (χ1) is 10.6. The van der Waals surface area contributed by atoms with Crippen molar-refractivity contribution < 1.29 is 9.18 Å². The summed E-state index contributed by atoms with van der Waals surface area (Å²) in [6, 6.07) is 11.6. The van der Waals surface area contributed by atoms with Crippen LogP contribution >= 0.6 is 34.7 Å². The minimum absolute atomic E-state index is 0.153. The summed E-state index contributed by atoms with van der Waals surface area (Å²) in [4.78, 5) is 17.1. The van der Waals surface area contributed by atoms with Gasteiger partial charge in [-0.05, 0) is 42.5 Å². The molecule has 1 amide bonds. The van der Waals surface area contributed by atoms with Crippen molar-refractivity contribution in [2.45, 2.75) is 4.90 Å². The quantitative estimate of drug-likeness (QED) is 0.684. The molecule has 1 aromatic heterocycles. The summed E-state index contributed by atoms with van der Waals surface area (Å²) in [5.74, 6) is -0.196. The molecular formula is C15H10ClFN2OS2. The van der Waals surface area contributed by atoms with E-state index >= 15 is 0 Å². The maximum atomic E-state index is 13.1. The highest BCUT2D eigenvalue weighted by Crippen LogP contribution is 2.27. The predicted octanol–water partition coefficient (Wildman–Crippen LogP) is 4.82. The number of thiazole rings is 1. The van der Waals surface area contributed by atoms with Gasteiger partial charge in [-0.15, -0.1) is 11.8 Å². The van der Waals surface area contributed by atoms with Crippen LogP contribution in [-0.2, 0) is 4.79 Å². The smallest absolute Gasteiger partial charge is 0.236 e. The Morgan fingerprint density at radius 1 is 1.27 bits per heavy atom. The van der Waals surface area contributed by atoms with Crippen molar-refractivity contribution in [1.82, 2.24) is 4.98 Å². The van der Waals surface area contributed by atoms with Gasteiger partial charge in [-0.3, -0.25) is 4.79 Å². The van der Waals surface area contributed by atoms with Crippen LogP contribution in [0.2, 0.25) is 5.02 Å². The highest BCUT2D eigenvalue weighted by Gasteiger charge is 2.09. The van der Waals surface area contributed by atoms with Gasteiger partial charge >= 0.3 is 0 Å². The maximum absolute atomic E-state index is 13.1. The number of nitrogens with one attached hydrogen (secondary N) is 1. The SMILES string of the molecule is O=C(CSc1ccc(Cl)cc1)Nc1nc2ccc(F)cc2s1. The predicted molar refractivity (Wildman–Crippen MR) is 90.4 cm³/mol. The molecule has 0 unspecified atom stereocenters. The van der Waals surface area contributed by atoms with E-state index in [0.29, 0.717) is 20.4 Å². The topological polar surface area (TPSA) is 42.0 Å². The zero-order valence-corrected chi connectivity index (χ0v) is 13.6. The van der Waals surface area contributed by atoms with E-state index in [9.17, 15) is 9.18 Å². The number of anilines is 1. The fourth-order valence-corrected chi connectivity index (χ4v) is 3.52. The fourth-order valence-electron chi connectivity index (χ4n) is 1.79. The van der Waals surface area contributed by atoms with Gasteiger partial charge in [0.15, 0.2) is 5.13 Å². The van der Waals surface area contributed by atoms with E-state index in [0.717, 1.165) is 4.90 Å². The lowest BCUT2D eigenvalue weighted by molar-refractivity contribution is -0.113. The summed E-state index contributed by atoms with van der Waals surface area (Å²) in [7, 11) is 0. The van der Waals surface area contributed by atoms with Crippen LogP contribution < -0.4 is 5.32 Å². The molecule has 0 spiro atoms. The first-order valence-electron chi connectivity index (χ1n) is 6.34. The van der Waals surface area contributed by atoms with Crippen molar-refractivity contribution in [1.29, 1.82) is 0 Å². The van der Waals surface area contributed by atoms with Gasteiger partial charge in [0.25, 0.3) is 0 Å². The Hall–Kier alpha value is -1.63. The van der Waals surface area contributed by atoms with Crippen LogP contribution in [-0.4, -0.2) is 16.6 Å². The number of aromatic nitrogens is 1. The Morgan fingerprint density at radius 3 is 2.82 bits per heavy atom. The summed E-state index contributed by atoms with van der Waals surface area (Å²) in [5, 5.41) is 3.87. The number of carbonyl (C=O) groups excluding carboxylic acids is 1. The van der Waals surface area contributed by atoms with Gasteiger partial charge < -0.3 is 5.32 Å². The molecule has 22 heavy (non-hydrogen) atoms. The number of amides is 1. The molecule has 3 nitrogen and oxygen atoms in total. The van der Waals surface area contributed by atoms with Gasteiger partial charge in [0, 0.05) is 9.92 Å². The zero-order chi connectivity index (χ0) is 15.5. The second kappa shape index (κ2) is 6.64. The summed E-state index contributed by atoms with van der Waals surface area (Å²) >= 11 is 8.47. The lowest BCUT2D eigenvalue weighted by atomic mass is 10.3. The number of nitrogens with zero attached hydrogens (tertiary/aromatic N) is 1. The van der Waals surface area contributed by atoms with Gasteiger partial charge in [-0.1, -0.05) is 22.9 Å². The highest BCUT2D eigenvalue weighted by atomic mass is 35.5. The molecule has 2 aromatic carbocycles. The number of benzene rings is 2. The first kappa shape index (κ1) is 15.3. The van der Waals surface area contributed by atoms with E-state index in [1.54, 1.807) is 18.2 Å². The summed E-state index contributed by atoms with van der Waals surface area (Å²) in [5.41, 5.74) is 0.673. The molecule has 0 atom stereocenters. The Morgan fingerprint density at radius 2 is 2.05 bits per heavy atom. The van der Waals surface area contributed by atoms with E-state index in [1.165, 1.54) is 35.2 Å². The average Bonchev–Trinajstić information content (AvgIpc) is 2.88. The number of fused-ring (bicyclic) bond motifs is 1. The molecule has 0 aliphatic heterocycles. The third-order valence-electron chi connectivity index (χ3n) is 2.78. The van der Waals surface area contributed by atoms with Crippen LogP contribution in [0.4, 0.5) is 9.52 Å². The van der Waals surface area contributed by atoms with E-state index in [4.69, 9.17) is 11.6 Å². The number of rotatable bonds is 4. The monoisotopic (exact) mass is 352 g/mol. The van der Waals surface area contributed by atoms with Crippen molar-refractivity contribution >= 4 is 56.0 Å². The standard InChI is InChI=1S/C15H10ClFN2OS2/c16-9-1-4-11(5-2-9)21-8-14(20)19-15-18-12-6-3-10(17)7-13(12)22-15/h1-7H,8H2,(H,18,19,20). The largest absolute Gasteiger partial charge is 0.301 e. The molecule has 3 rings (SSSR count). The van der Waals surface area contributed by atoms with E-state index in [-0.39, 0.29) is 17.5 Å². The molecule has 0 bridgehead atoms. The second-order valence-corrected chi connectivity index (χ2v) is 6.94. The molecule has 1 N–H and O–H groups in total. The average molecular weight is 353 g/mol. The Kier molecular flexibility index (Phi) is 4.61. The minimum Gasteiger partial charge on any atom is -0.301 e. The molecule has 0 fully saturated rings. The minimum atomic E-state index is -0.313. The van der Waals surface area contributed by atoms with Crippen LogP contribution in [0, 0.1) is 5.82 Å². The van der Waals surface area contributed by atoms with E-state index < -0.39 is 0 Å². The van der Waals surface area contributed by atoms with Crippen LogP contribution in [0.15, 0.2) is 47.4 Å². The van der Waals surface area contributed by atoms with Crippen molar-refractivity contribution in [2.24, 2.45) is 0 Å². The fraction of sp³-hybridized carbons (Fsp3) is 0.0667. The summed E-state index contributed by atoms with van der Waals surface area (Å²) in [6.45, 7) is 0. The maximum Gasteiger partial charge on any atom is 0.236 e. The second-order valence-electron chi connectivity index (χ2n) is 4.42. The number of carbonyl (C=O) groups is 1. The third-order valence-corrected chi connectivity index (χ3v) is 4.98. The molecular weight excluding hydrogens is 343 g/mol. The summed E-state index contributed by atoms with van der Waals surface area (Å²) in [6.07, 6.45) is 0. The van der Waals surface area contributed by atoms with Crippen LogP contribution in [0.3, 0.4) is 0 Å². The first-order valence-corrected chi connectivity index (χ1v) is 8.52. The number of thioether (sulfide) groups is 1. The van der Waals surface area contributed by atoms with Crippen molar-refractivity contribution in [3.05, 3.63) is 53.3 Å². The van der Waals surface area contributed by atoms with Gasteiger partial charge in [0.05, 0.1) is 16.0 Å². The Labute approximate surface area is 139 Å². The molecule has 3 aromatic rings. The molecule has 7 heteroatoms. The molecule has 0 aliphatic carbocycles. The Balaban J connectivity index is 1.61. The molecule has 0 aliphatic rings. The normalized spacial score (nSPS) is 10.8. The van der Waals surface area contributed by atoms with Crippen LogP contribution in [0.5, 0.6) is 0 Å². The van der Waals surface area contributed by atoms with Crippen molar-refractivity contribution in [2.75, 3.05) is 11.1 Å². The van der Waals surface area contributed by atoms with Gasteiger partial charge in [-0.25, -0.2) is 9.37 Å². The number of halogens is 2. The number of hydrogen-bond acceptors (Lipinski definition) is 4. The summed E-state index contributed by atoms with van der Waals surface area (Å²) < 4.78 is 13.8. The molecule has 0 radical (unpaired) electrons. The van der Waals surface area contributed by atoms with Gasteiger partial charge in [0.2, 0.25) is 5.91 Å². The molecule has 0 saturated heterocycles.